The SMILES string of the molecule is [2H]C([2H])([2H])N(C)C(=O)/C=C/CCCCOc1ccc(/C(=C(/CC(F)(F)F)c2ccccc2)c2ccc3[nH]ncc3c2)cn1. The number of rotatable bonds is 11. The molecular weight excluding hydrogens is 517 g/mol. The van der Waals surface area contributed by atoms with Gasteiger partial charge in [0.25, 0.3) is 0 Å². The van der Waals surface area contributed by atoms with E-state index < -0.39 is 25.5 Å². The Kier molecular flexibility index (Phi) is 8.07. The van der Waals surface area contributed by atoms with E-state index in [1.54, 1.807) is 72.9 Å². The van der Waals surface area contributed by atoms with Gasteiger partial charge in [0, 0.05) is 41.3 Å². The number of likely N-dealkylation sites (N-methyl/N-ethyl adjacent to an activating group) is 1. The zero-order valence-electron chi connectivity index (χ0n) is 24.9. The van der Waals surface area contributed by atoms with Gasteiger partial charge in [-0.15, -0.1) is 0 Å². The summed E-state index contributed by atoms with van der Waals surface area (Å²) >= 11 is 0. The lowest BCUT2D eigenvalue weighted by Crippen LogP contribution is -2.18. The number of benzene rings is 2. The number of allylic oxidation sites excluding steroid dienone is 2. The minimum absolute atomic E-state index is 0.128. The third kappa shape index (κ3) is 7.81. The van der Waals surface area contributed by atoms with Crippen LogP contribution in [0.25, 0.3) is 22.0 Å². The summed E-state index contributed by atoms with van der Waals surface area (Å²) in [6.07, 6.45) is 2.34. The number of pyridine rings is 1. The molecule has 0 fully saturated rings. The fourth-order valence-corrected chi connectivity index (χ4v) is 4.24. The standard InChI is InChI=1S/C31H31F3N4O2/c1-38(2)29(39)12-8-3-4-9-17-40-28-16-14-24(20-35-28)30(23-13-15-27-25(18-23)21-36-37-27)26(19-31(32,33)34)22-10-6-5-7-11-22/h5-8,10-16,18,20-21H,3-4,9,17,19H2,1-2H3,(H,36,37)/b12-8+,30-26-/i1D3. The number of nitrogens with one attached hydrogen (secondary N) is 1. The molecule has 0 aliphatic rings. The molecule has 0 atom stereocenters. The van der Waals surface area contributed by atoms with Crippen molar-refractivity contribution in [3.63, 3.8) is 0 Å². The third-order valence-corrected chi connectivity index (χ3v) is 6.16. The number of alkyl halides is 3. The fraction of sp³-hybridized carbons (Fsp3) is 0.258. The van der Waals surface area contributed by atoms with Crippen LogP contribution in [0.5, 0.6) is 5.88 Å². The molecule has 0 bridgehead atoms. The van der Waals surface area contributed by atoms with E-state index in [9.17, 15) is 18.0 Å². The molecule has 208 valence electrons. The number of carbonyl (C=O) groups is 1. The number of halogens is 3. The summed E-state index contributed by atoms with van der Waals surface area (Å²) in [4.78, 5) is 16.9. The molecule has 0 aliphatic heterocycles. The monoisotopic (exact) mass is 551 g/mol. The molecule has 2 aromatic heterocycles. The molecule has 0 unspecified atom stereocenters. The van der Waals surface area contributed by atoms with Crippen LogP contribution in [0.2, 0.25) is 0 Å². The Hall–Kier alpha value is -4.40. The Balaban J connectivity index is 1.51. The number of amides is 1. The highest BCUT2D eigenvalue weighted by atomic mass is 19.4. The lowest BCUT2D eigenvalue weighted by Gasteiger charge is -2.19. The van der Waals surface area contributed by atoms with Crippen LogP contribution in [0.1, 0.15) is 46.5 Å². The molecule has 0 saturated carbocycles. The second-order valence-electron chi connectivity index (χ2n) is 9.21. The van der Waals surface area contributed by atoms with Gasteiger partial charge >= 0.3 is 6.18 Å². The molecule has 0 spiro atoms. The van der Waals surface area contributed by atoms with Crippen LogP contribution >= 0.6 is 0 Å². The van der Waals surface area contributed by atoms with Crippen LogP contribution in [-0.4, -0.2) is 52.8 Å². The van der Waals surface area contributed by atoms with Gasteiger partial charge in [-0.1, -0.05) is 42.5 Å². The van der Waals surface area contributed by atoms with E-state index in [2.05, 4.69) is 15.2 Å². The van der Waals surface area contributed by atoms with Crippen LogP contribution in [-0.2, 0) is 4.79 Å². The van der Waals surface area contributed by atoms with E-state index in [1.165, 1.54) is 19.3 Å². The van der Waals surface area contributed by atoms with E-state index >= 15 is 0 Å². The van der Waals surface area contributed by atoms with Crippen LogP contribution in [0, 0.1) is 0 Å². The number of H-pyrrole nitrogens is 1. The number of nitrogens with zero attached hydrogens (tertiary/aromatic N) is 3. The highest BCUT2D eigenvalue weighted by Crippen LogP contribution is 2.39. The number of ether oxygens (including phenoxy) is 1. The molecule has 2 aromatic carbocycles. The van der Waals surface area contributed by atoms with Gasteiger partial charge in [-0.2, -0.15) is 18.3 Å². The van der Waals surface area contributed by atoms with Crippen LogP contribution in [0.3, 0.4) is 0 Å². The molecule has 1 N–H and O–H groups in total. The van der Waals surface area contributed by atoms with Gasteiger partial charge in [-0.25, -0.2) is 4.98 Å². The third-order valence-electron chi connectivity index (χ3n) is 6.16. The van der Waals surface area contributed by atoms with Crippen molar-refractivity contribution >= 4 is 28.0 Å². The lowest BCUT2D eigenvalue weighted by atomic mass is 9.88. The topological polar surface area (TPSA) is 71.1 Å². The van der Waals surface area contributed by atoms with Gasteiger partial charge in [0.2, 0.25) is 11.8 Å². The van der Waals surface area contributed by atoms with Crippen LogP contribution < -0.4 is 4.74 Å². The van der Waals surface area contributed by atoms with Crippen molar-refractivity contribution in [1.82, 2.24) is 20.1 Å². The maximum absolute atomic E-state index is 13.9. The minimum atomic E-state index is -4.44. The Morgan fingerprint density at radius 3 is 2.58 bits per heavy atom. The summed E-state index contributed by atoms with van der Waals surface area (Å²) in [7, 11) is 1.22. The molecule has 9 heteroatoms. The Bertz CT molecular complexity index is 1580. The molecule has 2 heterocycles. The predicted octanol–water partition coefficient (Wildman–Crippen LogP) is 7.06. The lowest BCUT2D eigenvalue weighted by molar-refractivity contribution is -0.124. The molecule has 4 aromatic rings. The summed E-state index contributed by atoms with van der Waals surface area (Å²) in [5.41, 5.74) is 2.88. The van der Waals surface area contributed by atoms with Gasteiger partial charge < -0.3 is 9.64 Å². The van der Waals surface area contributed by atoms with Gasteiger partial charge in [-0.05, 0) is 65.8 Å². The summed E-state index contributed by atoms with van der Waals surface area (Å²) in [5.74, 6) is -0.264. The molecule has 6 nitrogen and oxygen atoms in total. The smallest absolute Gasteiger partial charge is 0.393 e. The zero-order valence-corrected chi connectivity index (χ0v) is 21.9. The molecule has 0 aliphatic carbocycles. The first-order chi connectivity index (χ1) is 20.4. The van der Waals surface area contributed by atoms with E-state index in [-0.39, 0.29) is 5.57 Å². The van der Waals surface area contributed by atoms with Crippen molar-refractivity contribution < 1.29 is 26.8 Å². The number of unbranched alkanes of at least 4 members (excludes halogenated alkanes) is 2. The highest BCUT2D eigenvalue weighted by Gasteiger charge is 2.31. The predicted molar refractivity (Wildman–Crippen MR) is 151 cm³/mol. The molecule has 1 amide bonds. The van der Waals surface area contributed by atoms with Crippen molar-refractivity contribution in [2.24, 2.45) is 0 Å². The number of fused-ring (bicyclic) bond motifs is 1. The molecule has 0 saturated heterocycles. The van der Waals surface area contributed by atoms with Crippen molar-refractivity contribution in [1.29, 1.82) is 0 Å². The Morgan fingerprint density at radius 1 is 1.05 bits per heavy atom. The number of hydrogen-bond acceptors (Lipinski definition) is 4. The van der Waals surface area contributed by atoms with Crippen molar-refractivity contribution in [2.75, 3.05) is 20.6 Å². The quantitative estimate of drug-likeness (QED) is 0.123. The van der Waals surface area contributed by atoms with E-state index in [0.717, 1.165) is 10.9 Å². The number of hydrogen-bond donors (Lipinski definition) is 1. The first kappa shape index (κ1) is 24.6. The van der Waals surface area contributed by atoms with Crippen molar-refractivity contribution in [2.45, 2.75) is 31.9 Å². The van der Waals surface area contributed by atoms with Crippen molar-refractivity contribution in [3.05, 3.63) is 102 Å². The molecule has 0 radical (unpaired) electrons. The second kappa shape index (κ2) is 13.1. The first-order valence-corrected chi connectivity index (χ1v) is 12.7. The summed E-state index contributed by atoms with van der Waals surface area (Å²) < 4.78 is 69.2. The fourth-order valence-electron chi connectivity index (χ4n) is 4.24. The first-order valence-electron chi connectivity index (χ1n) is 14.2. The van der Waals surface area contributed by atoms with Gasteiger partial charge in [0.1, 0.15) is 0 Å². The maximum atomic E-state index is 13.9. The highest BCUT2D eigenvalue weighted by molar-refractivity contribution is 6.00. The Labute approximate surface area is 235 Å². The van der Waals surface area contributed by atoms with Gasteiger partial charge in [-0.3, -0.25) is 9.89 Å². The largest absolute Gasteiger partial charge is 0.478 e. The van der Waals surface area contributed by atoms with Crippen molar-refractivity contribution in [3.8, 4) is 5.88 Å². The number of carbonyl (C=O) groups excluding carboxylic acids is 1. The average Bonchev–Trinajstić information content (AvgIpc) is 3.44. The van der Waals surface area contributed by atoms with Gasteiger partial charge in [0.05, 0.1) is 24.7 Å². The van der Waals surface area contributed by atoms with E-state index in [0.29, 0.717) is 58.9 Å². The molecule has 4 rings (SSSR count). The summed E-state index contributed by atoms with van der Waals surface area (Å²) in [5, 5.41) is 7.67. The normalized spacial score (nSPS) is 13.9. The molecule has 40 heavy (non-hydrogen) atoms. The average molecular weight is 552 g/mol. The summed E-state index contributed by atoms with van der Waals surface area (Å²) in [6, 6.07) is 17.2. The van der Waals surface area contributed by atoms with E-state index in [4.69, 9.17) is 8.85 Å². The van der Waals surface area contributed by atoms with Gasteiger partial charge in [0.15, 0.2) is 0 Å². The minimum Gasteiger partial charge on any atom is -0.478 e. The van der Waals surface area contributed by atoms with Crippen LogP contribution in [0.4, 0.5) is 13.2 Å². The van der Waals surface area contributed by atoms with Crippen LogP contribution in [0.15, 0.2) is 85.2 Å². The summed E-state index contributed by atoms with van der Waals surface area (Å²) in [6.45, 7) is -2.14. The second-order valence-corrected chi connectivity index (χ2v) is 9.21. The zero-order chi connectivity index (χ0) is 31.0. The maximum Gasteiger partial charge on any atom is 0.393 e. The van der Waals surface area contributed by atoms with E-state index in [1.807, 2.05) is 0 Å². The number of aromatic amines is 1. The molecular formula is C31H31F3N4O2. The number of aromatic nitrogens is 3. The Morgan fingerprint density at radius 2 is 1.85 bits per heavy atom.